The smallest absolute Gasteiger partial charge is 0.223 e. The van der Waals surface area contributed by atoms with Crippen molar-refractivity contribution in [2.45, 2.75) is 25.5 Å². The number of benzene rings is 2. The molecule has 0 saturated carbocycles. The number of primary amides is 1. The summed E-state index contributed by atoms with van der Waals surface area (Å²) in [6.07, 6.45) is 0.294. The van der Waals surface area contributed by atoms with Crippen molar-refractivity contribution in [3.8, 4) is 5.75 Å². The lowest BCUT2D eigenvalue weighted by Crippen LogP contribution is -2.49. The largest absolute Gasteiger partial charge is 0.484 e. The van der Waals surface area contributed by atoms with Gasteiger partial charge in [0.05, 0.1) is 0 Å². The minimum Gasteiger partial charge on any atom is -0.484 e. The maximum absolute atomic E-state index is 14.5. The summed E-state index contributed by atoms with van der Waals surface area (Å²) in [6.45, 7) is 5.17. The average molecular weight is 455 g/mol. The number of amides is 2. The molecule has 2 aliphatic rings. The minimum atomic E-state index is -0.446. The van der Waals surface area contributed by atoms with Gasteiger partial charge in [-0.25, -0.2) is 4.39 Å². The Morgan fingerprint density at radius 3 is 2.39 bits per heavy atom. The standard InChI is InChI=1S/C25H31FN4O3/c26-21-7-3-2-6-20(21)23-18-29(17-19-5-1-4-8-22(19)33-23)12-10-25(32)30-15-13-28(14-16-30)11-9-24(27)31/h1-8,23H,9-18H2,(H2,27,31)/t23-/m0/s1. The van der Waals surface area contributed by atoms with Gasteiger partial charge in [-0.2, -0.15) is 0 Å². The first-order valence-corrected chi connectivity index (χ1v) is 11.5. The van der Waals surface area contributed by atoms with Gasteiger partial charge >= 0.3 is 0 Å². The number of para-hydroxylation sites is 1. The summed E-state index contributed by atoms with van der Waals surface area (Å²) in [6, 6.07) is 14.5. The summed E-state index contributed by atoms with van der Waals surface area (Å²) < 4.78 is 20.7. The Hall–Kier alpha value is -2.97. The van der Waals surface area contributed by atoms with E-state index < -0.39 is 6.10 Å². The number of rotatable bonds is 7. The van der Waals surface area contributed by atoms with E-state index in [4.69, 9.17) is 10.5 Å². The maximum atomic E-state index is 14.5. The number of nitrogens with two attached hydrogens (primary N) is 1. The third-order valence-electron chi connectivity index (χ3n) is 6.35. The number of carbonyl (C=O) groups is 2. The highest BCUT2D eigenvalue weighted by atomic mass is 19.1. The molecule has 1 atom stereocenters. The van der Waals surface area contributed by atoms with Crippen molar-refractivity contribution < 1.29 is 18.7 Å². The molecular weight excluding hydrogens is 423 g/mol. The molecule has 1 saturated heterocycles. The van der Waals surface area contributed by atoms with Gasteiger partial charge in [-0.15, -0.1) is 0 Å². The third kappa shape index (κ3) is 6.09. The van der Waals surface area contributed by atoms with Crippen molar-refractivity contribution in [3.63, 3.8) is 0 Å². The Labute approximate surface area is 193 Å². The molecule has 8 heteroatoms. The van der Waals surface area contributed by atoms with Crippen LogP contribution in [-0.4, -0.2) is 72.3 Å². The molecule has 1 fully saturated rings. The van der Waals surface area contributed by atoms with E-state index in [1.807, 2.05) is 35.2 Å². The Morgan fingerprint density at radius 2 is 1.64 bits per heavy atom. The van der Waals surface area contributed by atoms with Gasteiger partial charge in [0, 0.05) is 76.3 Å². The summed E-state index contributed by atoms with van der Waals surface area (Å²) >= 11 is 0. The Bertz CT molecular complexity index is 978. The topological polar surface area (TPSA) is 79.1 Å². The second-order valence-corrected chi connectivity index (χ2v) is 8.66. The molecule has 0 spiro atoms. The molecule has 2 aromatic carbocycles. The van der Waals surface area contributed by atoms with Gasteiger partial charge in [-0.05, 0) is 12.1 Å². The summed E-state index contributed by atoms with van der Waals surface area (Å²) in [5.41, 5.74) is 6.79. The number of piperazine rings is 1. The number of hydrogen-bond donors (Lipinski definition) is 1. The van der Waals surface area contributed by atoms with Crippen molar-refractivity contribution in [1.82, 2.24) is 14.7 Å². The van der Waals surface area contributed by atoms with Crippen LogP contribution < -0.4 is 10.5 Å². The van der Waals surface area contributed by atoms with E-state index in [9.17, 15) is 14.0 Å². The van der Waals surface area contributed by atoms with Crippen LogP contribution >= 0.6 is 0 Å². The lowest BCUT2D eigenvalue weighted by atomic mass is 10.1. The van der Waals surface area contributed by atoms with Crippen molar-refractivity contribution >= 4 is 11.8 Å². The first-order chi connectivity index (χ1) is 16.0. The van der Waals surface area contributed by atoms with Crippen molar-refractivity contribution in [1.29, 1.82) is 0 Å². The van der Waals surface area contributed by atoms with Gasteiger partial charge in [0.1, 0.15) is 17.7 Å². The number of hydrogen-bond acceptors (Lipinski definition) is 5. The van der Waals surface area contributed by atoms with Gasteiger partial charge in [0.2, 0.25) is 11.8 Å². The zero-order valence-corrected chi connectivity index (χ0v) is 18.8. The molecular formula is C25H31FN4O3. The van der Waals surface area contributed by atoms with Crippen molar-refractivity contribution in [3.05, 3.63) is 65.5 Å². The minimum absolute atomic E-state index is 0.116. The molecule has 7 nitrogen and oxygen atoms in total. The fraction of sp³-hybridized carbons (Fsp3) is 0.440. The fourth-order valence-corrected chi connectivity index (χ4v) is 4.45. The zero-order valence-electron chi connectivity index (χ0n) is 18.8. The highest BCUT2D eigenvalue weighted by Gasteiger charge is 2.27. The molecule has 2 aliphatic heterocycles. The van der Waals surface area contributed by atoms with Gasteiger partial charge in [0.15, 0.2) is 0 Å². The molecule has 2 amide bonds. The number of carbonyl (C=O) groups excluding carboxylic acids is 2. The normalized spacial score (nSPS) is 19.4. The lowest BCUT2D eigenvalue weighted by Gasteiger charge is -2.35. The van der Waals surface area contributed by atoms with E-state index in [2.05, 4.69) is 9.80 Å². The zero-order chi connectivity index (χ0) is 23.2. The molecule has 0 aliphatic carbocycles. The predicted octanol–water partition coefficient (Wildman–Crippen LogP) is 2.17. The molecule has 0 aromatic heterocycles. The Kier molecular flexibility index (Phi) is 7.57. The molecule has 4 rings (SSSR count). The van der Waals surface area contributed by atoms with E-state index in [0.29, 0.717) is 57.7 Å². The molecule has 2 aromatic rings. The molecule has 176 valence electrons. The predicted molar refractivity (Wildman–Crippen MR) is 123 cm³/mol. The fourth-order valence-electron chi connectivity index (χ4n) is 4.45. The quantitative estimate of drug-likeness (QED) is 0.694. The Morgan fingerprint density at radius 1 is 0.939 bits per heavy atom. The van der Waals surface area contributed by atoms with Crippen LogP contribution in [0.4, 0.5) is 4.39 Å². The monoisotopic (exact) mass is 454 g/mol. The van der Waals surface area contributed by atoms with Crippen molar-refractivity contribution in [2.24, 2.45) is 5.73 Å². The van der Waals surface area contributed by atoms with Gasteiger partial charge in [-0.1, -0.05) is 36.4 Å². The van der Waals surface area contributed by atoms with Crippen LogP contribution in [-0.2, 0) is 16.1 Å². The van der Waals surface area contributed by atoms with E-state index in [1.165, 1.54) is 6.07 Å². The summed E-state index contributed by atoms with van der Waals surface area (Å²) in [5.74, 6) is 0.286. The van der Waals surface area contributed by atoms with Crippen LogP contribution in [0.5, 0.6) is 5.75 Å². The van der Waals surface area contributed by atoms with Gasteiger partial charge in [0.25, 0.3) is 0 Å². The molecule has 0 bridgehead atoms. The second-order valence-electron chi connectivity index (χ2n) is 8.66. The van der Waals surface area contributed by atoms with E-state index >= 15 is 0 Å². The summed E-state index contributed by atoms with van der Waals surface area (Å²) in [5, 5.41) is 0. The number of nitrogens with zero attached hydrogens (tertiary/aromatic N) is 3. The maximum Gasteiger partial charge on any atom is 0.223 e. The summed E-state index contributed by atoms with van der Waals surface area (Å²) in [7, 11) is 0. The average Bonchev–Trinajstić information content (AvgIpc) is 3.01. The number of fused-ring (bicyclic) bond motifs is 1. The van der Waals surface area contributed by atoms with E-state index in [0.717, 1.165) is 24.4 Å². The first-order valence-electron chi connectivity index (χ1n) is 11.5. The molecule has 33 heavy (non-hydrogen) atoms. The van der Waals surface area contributed by atoms with Crippen LogP contribution in [0.1, 0.15) is 30.1 Å². The number of ether oxygens (including phenoxy) is 1. The van der Waals surface area contributed by atoms with Crippen LogP contribution in [0.2, 0.25) is 0 Å². The lowest BCUT2D eigenvalue weighted by molar-refractivity contribution is -0.133. The molecule has 2 heterocycles. The van der Waals surface area contributed by atoms with Gasteiger partial charge in [-0.3, -0.25) is 19.4 Å². The highest BCUT2D eigenvalue weighted by Crippen LogP contribution is 2.32. The highest BCUT2D eigenvalue weighted by molar-refractivity contribution is 5.76. The van der Waals surface area contributed by atoms with Crippen LogP contribution in [0.15, 0.2) is 48.5 Å². The van der Waals surface area contributed by atoms with E-state index in [-0.39, 0.29) is 17.6 Å². The molecule has 2 N–H and O–H groups in total. The van der Waals surface area contributed by atoms with Crippen LogP contribution in [0.3, 0.4) is 0 Å². The number of halogens is 1. The third-order valence-corrected chi connectivity index (χ3v) is 6.35. The summed E-state index contributed by atoms with van der Waals surface area (Å²) in [4.78, 5) is 30.1. The Balaban J connectivity index is 1.36. The van der Waals surface area contributed by atoms with Crippen LogP contribution in [0.25, 0.3) is 0 Å². The molecule has 0 unspecified atom stereocenters. The second kappa shape index (κ2) is 10.8. The molecule has 0 radical (unpaired) electrons. The van der Waals surface area contributed by atoms with Crippen molar-refractivity contribution in [2.75, 3.05) is 45.8 Å². The van der Waals surface area contributed by atoms with Gasteiger partial charge < -0.3 is 15.4 Å². The van der Waals surface area contributed by atoms with Crippen LogP contribution in [0, 0.1) is 5.82 Å². The SMILES string of the molecule is NC(=O)CCN1CCN(C(=O)CCN2Cc3ccccc3O[C@H](c3ccccc3F)C2)CC1. The first kappa shape index (κ1) is 23.2. The van der Waals surface area contributed by atoms with E-state index in [1.54, 1.807) is 12.1 Å².